The zero-order chi connectivity index (χ0) is 15.4. The maximum absolute atomic E-state index is 13.4. The number of rotatable bonds is 5. The molecule has 0 saturated heterocycles. The Kier molecular flexibility index (Phi) is 5.22. The van der Waals surface area contributed by atoms with Crippen LogP contribution in [0.1, 0.15) is 26.0 Å². The second-order valence-electron chi connectivity index (χ2n) is 4.59. The van der Waals surface area contributed by atoms with Gasteiger partial charge in [0, 0.05) is 18.2 Å². The van der Waals surface area contributed by atoms with Crippen molar-refractivity contribution in [3.8, 4) is 11.4 Å². The van der Waals surface area contributed by atoms with Crippen LogP contribution in [0.2, 0.25) is 0 Å². The molecule has 0 aliphatic carbocycles. The van der Waals surface area contributed by atoms with E-state index in [2.05, 4.69) is 31.2 Å². The molecule has 2 aromatic rings. The third kappa shape index (κ3) is 3.75. The van der Waals surface area contributed by atoms with Gasteiger partial charge in [0.05, 0.1) is 10.2 Å². The fourth-order valence-corrected chi connectivity index (χ4v) is 2.51. The van der Waals surface area contributed by atoms with Crippen LogP contribution in [-0.4, -0.2) is 16.5 Å². The second kappa shape index (κ2) is 6.93. The zero-order valence-electron chi connectivity index (χ0n) is 11.9. The van der Waals surface area contributed by atoms with E-state index in [9.17, 15) is 8.78 Å². The first-order chi connectivity index (χ1) is 10.0. The van der Waals surface area contributed by atoms with Gasteiger partial charge in [-0.15, -0.1) is 0 Å². The van der Waals surface area contributed by atoms with Crippen molar-refractivity contribution in [1.82, 2.24) is 9.97 Å². The van der Waals surface area contributed by atoms with Crippen LogP contribution in [-0.2, 0) is 6.42 Å². The van der Waals surface area contributed by atoms with Crippen LogP contribution in [0.25, 0.3) is 11.4 Å². The minimum absolute atomic E-state index is 0.316. The van der Waals surface area contributed by atoms with Crippen molar-refractivity contribution in [2.24, 2.45) is 0 Å². The lowest BCUT2D eigenvalue weighted by Crippen LogP contribution is -2.06. The largest absolute Gasteiger partial charge is 0.369 e. The SMILES string of the molecule is CCCc1nc(-c2cc(F)cc(F)c2)nc(NCC)c1Br. The van der Waals surface area contributed by atoms with Gasteiger partial charge < -0.3 is 5.32 Å². The molecular weight excluding hydrogens is 340 g/mol. The molecule has 1 heterocycles. The van der Waals surface area contributed by atoms with Crippen molar-refractivity contribution >= 4 is 21.7 Å². The topological polar surface area (TPSA) is 37.8 Å². The number of aryl methyl sites for hydroxylation is 1. The molecule has 2 rings (SSSR count). The Morgan fingerprint density at radius 1 is 1.10 bits per heavy atom. The van der Waals surface area contributed by atoms with Crippen molar-refractivity contribution < 1.29 is 8.78 Å². The van der Waals surface area contributed by atoms with Crippen LogP contribution < -0.4 is 5.32 Å². The van der Waals surface area contributed by atoms with Gasteiger partial charge >= 0.3 is 0 Å². The highest BCUT2D eigenvalue weighted by Gasteiger charge is 2.14. The van der Waals surface area contributed by atoms with Gasteiger partial charge in [0.2, 0.25) is 0 Å². The first-order valence-corrected chi connectivity index (χ1v) is 7.61. The Morgan fingerprint density at radius 3 is 2.33 bits per heavy atom. The fourth-order valence-electron chi connectivity index (χ4n) is 1.99. The Balaban J connectivity index is 2.56. The fraction of sp³-hybridized carbons (Fsp3) is 0.333. The number of benzene rings is 1. The molecule has 0 bridgehead atoms. The normalized spacial score (nSPS) is 10.7. The molecule has 0 fully saturated rings. The van der Waals surface area contributed by atoms with Gasteiger partial charge in [0.25, 0.3) is 0 Å². The van der Waals surface area contributed by atoms with E-state index < -0.39 is 11.6 Å². The number of hydrogen-bond acceptors (Lipinski definition) is 3. The quantitative estimate of drug-likeness (QED) is 0.853. The average molecular weight is 356 g/mol. The first-order valence-electron chi connectivity index (χ1n) is 6.81. The molecule has 0 aliphatic rings. The summed E-state index contributed by atoms with van der Waals surface area (Å²) in [5.41, 5.74) is 1.15. The van der Waals surface area contributed by atoms with E-state index in [4.69, 9.17) is 0 Å². The summed E-state index contributed by atoms with van der Waals surface area (Å²) < 4.78 is 27.5. The number of nitrogens with one attached hydrogen (secondary N) is 1. The third-order valence-corrected chi connectivity index (χ3v) is 3.70. The lowest BCUT2D eigenvalue weighted by Gasteiger charge is -2.12. The van der Waals surface area contributed by atoms with E-state index >= 15 is 0 Å². The van der Waals surface area contributed by atoms with Gasteiger partial charge in [-0.2, -0.15) is 0 Å². The molecule has 3 nitrogen and oxygen atoms in total. The predicted molar refractivity (Wildman–Crippen MR) is 83.2 cm³/mol. The molecular formula is C15H16BrF2N3. The minimum atomic E-state index is -0.640. The number of nitrogens with zero attached hydrogens (tertiary/aromatic N) is 2. The van der Waals surface area contributed by atoms with Gasteiger partial charge in [0.1, 0.15) is 17.5 Å². The van der Waals surface area contributed by atoms with Crippen molar-refractivity contribution in [2.75, 3.05) is 11.9 Å². The van der Waals surface area contributed by atoms with Crippen molar-refractivity contribution in [2.45, 2.75) is 26.7 Å². The summed E-state index contributed by atoms with van der Waals surface area (Å²) in [5, 5.41) is 3.13. The van der Waals surface area contributed by atoms with Crippen molar-refractivity contribution in [1.29, 1.82) is 0 Å². The molecule has 1 aromatic carbocycles. The number of aromatic nitrogens is 2. The predicted octanol–water partition coefficient (Wildman–Crippen LogP) is 4.57. The molecule has 0 amide bonds. The van der Waals surface area contributed by atoms with Crippen molar-refractivity contribution in [3.63, 3.8) is 0 Å². The van der Waals surface area contributed by atoms with Crippen LogP contribution >= 0.6 is 15.9 Å². The smallest absolute Gasteiger partial charge is 0.162 e. The summed E-state index contributed by atoms with van der Waals surface area (Å²) in [7, 11) is 0. The van der Waals surface area contributed by atoms with Crippen LogP contribution in [0.3, 0.4) is 0 Å². The van der Waals surface area contributed by atoms with Crippen LogP contribution in [0.5, 0.6) is 0 Å². The molecule has 0 atom stereocenters. The Bertz CT molecular complexity index is 600. The van der Waals surface area contributed by atoms with Crippen LogP contribution in [0.4, 0.5) is 14.6 Å². The molecule has 112 valence electrons. The highest BCUT2D eigenvalue weighted by molar-refractivity contribution is 9.10. The lowest BCUT2D eigenvalue weighted by molar-refractivity contribution is 0.584. The molecule has 0 spiro atoms. The van der Waals surface area contributed by atoms with E-state index in [1.165, 1.54) is 12.1 Å². The summed E-state index contributed by atoms with van der Waals surface area (Å²) in [6, 6.07) is 3.30. The Labute approximate surface area is 131 Å². The first kappa shape index (κ1) is 15.8. The molecule has 6 heteroatoms. The van der Waals surface area contributed by atoms with E-state index in [0.29, 0.717) is 23.8 Å². The summed E-state index contributed by atoms with van der Waals surface area (Å²) in [6.07, 6.45) is 1.67. The summed E-state index contributed by atoms with van der Waals surface area (Å²) in [6.45, 7) is 4.69. The molecule has 1 N–H and O–H groups in total. The van der Waals surface area contributed by atoms with E-state index in [0.717, 1.165) is 29.1 Å². The molecule has 0 saturated carbocycles. The van der Waals surface area contributed by atoms with Gasteiger partial charge in [-0.1, -0.05) is 13.3 Å². The highest BCUT2D eigenvalue weighted by Crippen LogP contribution is 2.28. The average Bonchev–Trinajstić information content (AvgIpc) is 2.42. The molecule has 21 heavy (non-hydrogen) atoms. The molecule has 0 aliphatic heterocycles. The standard InChI is InChI=1S/C15H16BrF2N3/c1-3-5-12-13(16)15(19-4-2)21-14(20-12)9-6-10(17)8-11(18)7-9/h6-8H,3-5H2,1-2H3,(H,19,20,21). The second-order valence-corrected chi connectivity index (χ2v) is 5.39. The van der Waals surface area contributed by atoms with Crippen LogP contribution in [0.15, 0.2) is 22.7 Å². The van der Waals surface area contributed by atoms with Gasteiger partial charge in [-0.05, 0) is 41.4 Å². The summed E-state index contributed by atoms with van der Waals surface area (Å²) in [4.78, 5) is 8.78. The highest BCUT2D eigenvalue weighted by atomic mass is 79.9. The number of halogens is 3. The maximum atomic E-state index is 13.4. The molecule has 1 aromatic heterocycles. The Hall–Kier alpha value is -1.56. The lowest BCUT2D eigenvalue weighted by atomic mass is 10.1. The van der Waals surface area contributed by atoms with Gasteiger partial charge in [-0.25, -0.2) is 18.7 Å². The van der Waals surface area contributed by atoms with E-state index in [-0.39, 0.29) is 0 Å². The summed E-state index contributed by atoms with van der Waals surface area (Å²) >= 11 is 3.48. The summed E-state index contributed by atoms with van der Waals surface area (Å²) in [5.74, 6) is -0.330. The van der Waals surface area contributed by atoms with Crippen molar-refractivity contribution in [3.05, 3.63) is 40.0 Å². The van der Waals surface area contributed by atoms with Gasteiger partial charge in [0.15, 0.2) is 5.82 Å². The van der Waals surface area contributed by atoms with E-state index in [1.54, 1.807) is 0 Å². The zero-order valence-corrected chi connectivity index (χ0v) is 13.5. The maximum Gasteiger partial charge on any atom is 0.162 e. The third-order valence-electron chi connectivity index (χ3n) is 2.87. The number of anilines is 1. The molecule has 0 unspecified atom stereocenters. The number of hydrogen-bond donors (Lipinski definition) is 1. The Morgan fingerprint density at radius 2 is 1.76 bits per heavy atom. The van der Waals surface area contributed by atoms with Gasteiger partial charge in [-0.3, -0.25) is 0 Å². The minimum Gasteiger partial charge on any atom is -0.369 e. The van der Waals surface area contributed by atoms with E-state index in [1.807, 2.05) is 13.8 Å². The van der Waals surface area contributed by atoms with Crippen LogP contribution in [0, 0.1) is 11.6 Å². The molecule has 0 radical (unpaired) electrons. The monoisotopic (exact) mass is 355 g/mol.